The van der Waals surface area contributed by atoms with Crippen molar-refractivity contribution in [2.75, 3.05) is 0 Å². The van der Waals surface area contributed by atoms with Gasteiger partial charge in [-0.25, -0.2) is 0 Å². The van der Waals surface area contributed by atoms with Crippen LogP contribution in [0.2, 0.25) is 5.32 Å². The topological polar surface area (TPSA) is 23.8 Å². The number of benzene rings is 1. The SMILES string of the molecule is CCCCC(C#N)(CC)C[Se]c1ccccc1. The first kappa shape index (κ1) is 14.3. The monoisotopic (exact) mass is 295 g/mol. The standard InChI is InChI=1S/C15H21NSe/c1-3-5-11-15(4-2,12-16)13-17-14-9-7-6-8-10-14/h6-10H,3-5,11,13H2,1-2H3. The van der Waals surface area contributed by atoms with Crippen LogP contribution in [-0.4, -0.2) is 15.0 Å². The molecule has 0 N–H and O–H groups in total. The van der Waals surface area contributed by atoms with Crippen molar-refractivity contribution in [3.8, 4) is 6.07 Å². The Hall–Kier alpha value is -0.771. The normalized spacial score (nSPS) is 13.9. The molecule has 0 saturated carbocycles. The fourth-order valence-electron chi connectivity index (χ4n) is 1.77. The van der Waals surface area contributed by atoms with Gasteiger partial charge in [0.2, 0.25) is 0 Å². The molecule has 1 nitrogen and oxygen atoms in total. The molecular weight excluding hydrogens is 273 g/mol. The summed E-state index contributed by atoms with van der Waals surface area (Å²) in [7, 11) is 0. The first-order valence-electron chi connectivity index (χ1n) is 6.35. The average Bonchev–Trinajstić information content (AvgIpc) is 2.41. The Morgan fingerprint density at radius 2 is 1.94 bits per heavy atom. The molecule has 0 aliphatic carbocycles. The second-order valence-corrected chi connectivity index (χ2v) is 6.65. The van der Waals surface area contributed by atoms with Crippen molar-refractivity contribution < 1.29 is 0 Å². The Morgan fingerprint density at radius 3 is 2.47 bits per heavy atom. The summed E-state index contributed by atoms with van der Waals surface area (Å²) in [6, 6.07) is 13.2. The van der Waals surface area contributed by atoms with Crippen LogP contribution in [0.1, 0.15) is 39.5 Å². The van der Waals surface area contributed by atoms with Crippen molar-refractivity contribution in [3.05, 3.63) is 30.3 Å². The van der Waals surface area contributed by atoms with Crippen LogP contribution in [-0.2, 0) is 0 Å². The van der Waals surface area contributed by atoms with E-state index in [0.29, 0.717) is 15.0 Å². The molecule has 1 rings (SSSR count). The second-order valence-electron chi connectivity index (χ2n) is 4.45. The molecule has 0 spiro atoms. The van der Waals surface area contributed by atoms with Gasteiger partial charge in [0.15, 0.2) is 0 Å². The molecule has 1 aromatic rings. The van der Waals surface area contributed by atoms with Crippen LogP contribution in [0.15, 0.2) is 30.3 Å². The number of nitriles is 1. The molecule has 17 heavy (non-hydrogen) atoms. The third kappa shape index (κ3) is 4.54. The molecule has 0 fully saturated rings. The first-order valence-corrected chi connectivity index (χ1v) is 8.42. The predicted octanol–water partition coefficient (Wildman–Crippen LogP) is 3.54. The molecule has 0 heterocycles. The second kappa shape index (κ2) is 7.54. The Morgan fingerprint density at radius 1 is 1.24 bits per heavy atom. The fourth-order valence-corrected chi connectivity index (χ4v) is 4.30. The number of rotatable bonds is 7. The minimum absolute atomic E-state index is 0.0775. The van der Waals surface area contributed by atoms with Gasteiger partial charge in [-0.3, -0.25) is 0 Å². The predicted molar refractivity (Wildman–Crippen MR) is 74.5 cm³/mol. The van der Waals surface area contributed by atoms with E-state index in [9.17, 15) is 5.26 Å². The maximum atomic E-state index is 9.44. The summed E-state index contributed by atoms with van der Waals surface area (Å²) in [5, 5.41) is 10.5. The van der Waals surface area contributed by atoms with E-state index in [2.05, 4.69) is 44.2 Å². The summed E-state index contributed by atoms with van der Waals surface area (Å²) >= 11 is 0.431. The van der Waals surface area contributed by atoms with Crippen LogP contribution >= 0.6 is 0 Å². The molecule has 1 atom stereocenters. The van der Waals surface area contributed by atoms with Crippen molar-refractivity contribution in [3.63, 3.8) is 0 Å². The van der Waals surface area contributed by atoms with Crippen molar-refractivity contribution in [2.24, 2.45) is 5.41 Å². The minimum atomic E-state index is -0.0775. The third-order valence-corrected chi connectivity index (χ3v) is 5.91. The Bertz CT molecular complexity index is 355. The van der Waals surface area contributed by atoms with Gasteiger partial charge in [-0.2, -0.15) is 0 Å². The van der Waals surface area contributed by atoms with Crippen molar-refractivity contribution in [1.29, 1.82) is 5.26 Å². The molecule has 0 aliphatic heterocycles. The summed E-state index contributed by atoms with van der Waals surface area (Å²) in [6.45, 7) is 4.35. The van der Waals surface area contributed by atoms with Gasteiger partial charge in [-0.05, 0) is 0 Å². The van der Waals surface area contributed by atoms with E-state index in [1.807, 2.05) is 6.07 Å². The molecule has 0 bridgehead atoms. The van der Waals surface area contributed by atoms with Gasteiger partial charge in [0.25, 0.3) is 0 Å². The van der Waals surface area contributed by atoms with Crippen LogP contribution in [0.3, 0.4) is 0 Å². The van der Waals surface area contributed by atoms with Gasteiger partial charge in [0.1, 0.15) is 0 Å². The van der Waals surface area contributed by atoms with E-state index in [4.69, 9.17) is 0 Å². The van der Waals surface area contributed by atoms with Gasteiger partial charge in [0, 0.05) is 0 Å². The molecule has 0 amide bonds. The van der Waals surface area contributed by atoms with Crippen molar-refractivity contribution >= 4 is 19.4 Å². The van der Waals surface area contributed by atoms with Crippen LogP contribution in [0.4, 0.5) is 0 Å². The number of unbranched alkanes of at least 4 members (excludes halogenated alkanes) is 1. The molecule has 1 unspecified atom stereocenters. The van der Waals surface area contributed by atoms with Crippen molar-refractivity contribution in [2.45, 2.75) is 44.9 Å². The van der Waals surface area contributed by atoms with Crippen LogP contribution in [0.25, 0.3) is 0 Å². The fraction of sp³-hybridized carbons (Fsp3) is 0.533. The molecule has 2 heteroatoms. The Kier molecular flexibility index (Phi) is 6.33. The summed E-state index contributed by atoms with van der Waals surface area (Å²) < 4.78 is 1.41. The molecule has 0 radical (unpaired) electrons. The summed E-state index contributed by atoms with van der Waals surface area (Å²) in [6.07, 6.45) is 4.40. The van der Waals surface area contributed by atoms with Crippen LogP contribution in [0.5, 0.6) is 0 Å². The number of hydrogen-bond donors (Lipinski definition) is 0. The van der Waals surface area contributed by atoms with E-state index in [1.54, 1.807) is 0 Å². The molecule has 92 valence electrons. The van der Waals surface area contributed by atoms with E-state index >= 15 is 0 Å². The first-order chi connectivity index (χ1) is 8.26. The molecule has 0 aromatic heterocycles. The van der Waals surface area contributed by atoms with Crippen molar-refractivity contribution in [1.82, 2.24) is 0 Å². The van der Waals surface area contributed by atoms with E-state index in [0.717, 1.165) is 18.2 Å². The molecule has 1 aromatic carbocycles. The average molecular weight is 294 g/mol. The summed E-state index contributed by atoms with van der Waals surface area (Å²) in [5.74, 6) is 0. The molecular formula is C15H21NSe. The maximum absolute atomic E-state index is 9.44. The summed E-state index contributed by atoms with van der Waals surface area (Å²) in [5.41, 5.74) is -0.0775. The Balaban J connectivity index is 2.58. The summed E-state index contributed by atoms with van der Waals surface area (Å²) in [4.78, 5) is 0. The van der Waals surface area contributed by atoms with E-state index < -0.39 is 0 Å². The Labute approximate surface area is 111 Å². The number of hydrogen-bond acceptors (Lipinski definition) is 1. The van der Waals surface area contributed by atoms with E-state index in [1.165, 1.54) is 17.3 Å². The zero-order chi connectivity index (χ0) is 12.6. The molecule has 0 aliphatic rings. The van der Waals surface area contributed by atoms with Gasteiger partial charge < -0.3 is 0 Å². The van der Waals surface area contributed by atoms with Crippen LogP contribution < -0.4 is 4.46 Å². The molecule has 0 saturated heterocycles. The van der Waals surface area contributed by atoms with Gasteiger partial charge in [-0.15, -0.1) is 0 Å². The number of nitrogens with zero attached hydrogens (tertiary/aromatic N) is 1. The zero-order valence-corrected chi connectivity index (χ0v) is 12.5. The quantitative estimate of drug-likeness (QED) is 0.706. The van der Waals surface area contributed by atoms with Gasteiger partial charge in [-0.1, -0.05) is 0 Å². The van der Waals surface area contributed by atoms with E-state index in [-0.39, 0.29) is 5.41 Å². The van der Waals surface area contributed by atoms with Gasteiger partial charge >= 0.3 is 111 Å². The van der Waals surface area contributed by atoms with Gasteiger partial charge in [0.05, 0.1) is 0 Å². The van der Waals surface area contributed by atoms with Crippen LogP contribution in [0, 0.1) is 16.7 Å². The third-order valence-electron chi connectivity index (χ3n) is 3.18. The zero-order valence-electron chi connectivity index (χ0n) is 10.8.